The summed E-state index contributed by atoms with van der Waals surface area (Å²) >= 11 is 0. The molecule has 0 aromatic carbocycles. The largest absolute Gasteiger partial charge is 0.465 e. The summed E-state index contributed by atoms with van der Waals surface area (Å²) in [4.78, 5) is 23.8. The van der Waals surface area contributed by atoms with Crippen LogP contribution in [-0.4, -0.2) is 30.1 Å². The Morgan fingerprint density at radius 3 is 2.47 bits per heavy atom. The normalized spacial score (nSPS) is 13.5. The summed E-state index contributed by atoms with van der Waals surface area (Å²) in [6.07, 6.45) is 3.41. The molecule has 0 bridgehead atoms. The zero-order valence-corrected chi connectivity index (χ0v) is 10.3. The Morgan fingerprint density at radius 2 is 2.06 bits per heavy atom. The molecule has 4 heteroatoms. The summed E-state index contributed by atoms with van der Waals surface area (Å²) < 4.78 is 4.94. The topological polar surface area (TPSA) is 63.6 Å². The molecule has 96 valence electrons. The van der Waals surface area contributed by atoms with Gasteiger partial charge in [-0.05, 0) is 32.3 Å². The van der Waals surface area contributed by atoms with E-state index in [1.165, 1.54) is 6.08 Å². The van der Waals surface area contributed by atoms with Gasteiger partial charge in [0.1, 0.15) is 5.41 Å². The molecule has 1 atom stereocenters. The highest BCUT2D eigenvalue weighted by Gasteiger charge is 2.43. The minimum atomic E-state index is -1.28. The van der Waals surface area contributed by atoms with Crippen molar-refractivity contribution in [3.05, 3.63) is 25.3 Å². The fraction of sp³-hybridized carbons (Fsp3) is 0.538. The molecule has 0 aromatic rings. The maximum atomic E-state index is 11.9. The van der Waals surface area contributed by atoms with E-state index in [0.29, 0.717) is 6.42 Å². The van der Waals surface area contributed by atoms with Crippen molar-refractivity contribution < 1.29 is 19.4 Å². The lowest BCUT2D eigenvalue weighted by molar-refractivity contribution is -0.159. The van der Waals surface area contributed by atoms with Gasteiger partial charge >= 0.3 is 5.97 Å². The molecule has 0 rings (SSSR count). The predicted molar refractivity (Wildman–Crippen MR) is 65.4 cm³/mol. The second kappa shape index (κ2) is 7.79. The molecule has 0 aliphatic carbocycles. The van der Waals surface area contributed by atoms with Crippen molar-refractivity contribution in [2.75, 3.05) is 13.2 Å². The first-order valence-corrected chi connectivity index (χ1v) is 5.64. The van der Waals surface area contributed by atoms with Crippen molar-refractivity contribution in [1.82, 2.24) is 0 Å². The van der Waals surface area contributed by atoms with Gasteiger partial charge in [-0.1, -0.05) is 12.7 Å². The third-order valence-corrected chi connectivity index (χ3v) is 2.58. The molecule has 0 heterocycles. The van der Waals surface area contributed by atoms with Crippen LogP contribution in [0.3, 0.4) is 0 Å². The lowest BCUT2D eigenvalue weighted by Gasteiger charge is -2.27. The van der Waals surface area contributed by atoms with Gasteiger partial charge in [0, 0.05) is 6.61 Å². The van der Waals surface area contributed by atoms with Crippen LogP contribution in [-0.2, 0) is 14.3 Å². The van der Waals surface area contributed by atoms with Gasteiger partial charge in [-0.25, -0.2) is 0 Å². The van der Waals surface area contributed by atoms with E-state index in [1.54, 1.807) is 6.92 Å². The van der Waals surface area contributed by atoms with Crippen LogP contribution in [0.15, 0.2) is 25.3 Å². The lowest BCUT2D eigenvalue weighted by Crippen LogP contribution is -2.40. The van der Waals surface area contributed by atoms with Gasteiger partial charge < -0.3 is 9.84 Å². The average molecular weight is 240 g/mol. The second-order valence-corrected chi connectivity index (χ2v) is 3.69. The number of allylic oxidation sites excluding steroid dienone is 2. The highest BCUT2D eigenvalue weighted by Crippen LogP contribution is 2.32. The third kappa shape index (κ3) is 3.82. The summed E-state index contributed by atoms with van der Waals surface area (Å²) in [7, 11) is 0. The molecule has 0 saturated carbocycles. The fourth-order valence-corrected chi connectivity index (χ4v) is 1.70. The summed E-state index contributed by atoms with van der Waals surface area (Å²) in [6, 6.07) is 0. The Balaban J connectivity index is 5.20. The molecule has 4 nitrogen and oxygen atoms in total. The fourth-order valence-electron chi connectivity index (χ4n) is 1.70. The first kappa shape index (κ1) is 15.6. The Labute approximate surface area is 102 Å². The number of aliphatic hydroxyl groups excluding tert-OH is 1. The van der Waals surface area contributed by atoms with E-state index in [1.807, 2.05) is 0 Å². The van der Waals surface area contributed by atoms with Crippen LogP contribution in [0.4, 0.5) is 0 Å². The Morgan fingerprint density at radius 1 is 1.41 bits per heavy atom. The molecule has 0 aliphatic heterocycles. The number of esters is 1. The van der Waals surface area contributed by atoms with E-state index >= 15 is 0 Å². The number of ether oxygens (including phenoxy) is 1. The van der Waals surface area contributed by atoms with Crippen molar-refractivity contribution >= 4 is 11.8 Å². The molecular weight excluding hydrogens is 220 g/mol. The molecule has 0 aliphatic rings. The SMILES string of the molecule is C=CC[C@@](CCCO)(C(=O)C=C)C(=O)OCC. The van der Waals surface area contributed by atoms with Crippen LogP contribution in [0.1, 0.15) is 26.2 Å². The van der Waals surface area contributed by atoms with Crippen LogP contribution < -0.4 is 0 Å². The van der Waals surface area contributed by atoms with E-state index < -0.39 is 11.4 Å². The van der Waals surface area contributed by atoms with Crippen molar-refractivity contribution in [1.29, 1.82) is 0 Å². The number of hydrogen-bond donors (Lipinski definition) is 1. The Hall–Kier alpha value is -1.42. The third-order valence-electron chi connectivity index (χ3n) is 2.58. The zero-order valence-electron chi connectivity index (χ0n) is 10.3. The summed E-state index contributed by atoms with van der Waals surface area (Å²) in [5.41, 5.74) is -1.28. The molecule has 17 heavy (non-hydrogen) atoms. The molecule has 0 fully saturated rings. The van der Waals surface area contributed by atoms with Crippen molar-refractivity contribution in [3.8, 4) is 0 Å². The summed E-state index contributed by atoms with van der Waals surface area (Å²) in [6.45, 7) is 8.77. The van der Waals surface area contributed by atoms with E-state index in [4.69, 9.17) is 9.84 Å². The van der Waals surface area contributed by atoms with Gasteiger partial charge in [0.2, 0.25) is 0 Å². The van der Waals surface area contributed by atoms with Crippen molar-refractivity contribution in [2.45, 2.75) is 26.2 Å². The Kier molecular flexibility index (Phi) is 7.14. The number of hydrogen-bond acceptors (Lipinski definition) is 4. The smallest absolute Gasteiger partial charge is 0.320 e. The van der Waals surface area contributed by atoms with E-state index in [-0.39, 0.29) is 31.8 Å². The number of carbonyl (C=O) groups excluding carboxylic acids is 2. The first-order chi connectivity index (χ1) is 8.08. The van der Waals surface area contributed by atoms with Gasteiger partial charge in [-0.15, -0.1) is 6.58 Å². The average Bonchev–Trinajstić information content (AvgIpc) is 2.33. The van der Waals surface area contributed by atoms with Gasteiger partial charge in [0.25, 0.3) is 0 Å². The van der Waals surface area contributed by atoms with Crippen molar-refractivity contribution in [3.63, 3.8) is 0 Å². The minimum absolute atomic E-state index is 0.0806. The van der Waals surface area contributed by atoms with Gasteiger partial charge in [0.15, 0.2) is 5.78 Å². The quantitative estimate of drug-likeness (QED) is 0.288. The summed E-state index contributed by atoms with van der Waals surface area (Å²) in [5, 5.41) is 8.85. The van der Waals surface area contributed by atoms with Crippen LogP contribution in [0.2, 0.25) is 0 Å². The first-order valence-electron chi connectivity index (χ1n) is 5.64. The van der Waals surface area contributed by atoms with E-state index in [0.717, 1.165) is 6.08 Å². The van der Waals surface area contributed by atoms with Crippen LogP contribution in [0.25, 0.3) is 0 Å². The van der Waals surface area contributed by atoms with Gasteiger partial charge in [0.05, 0.1) is 6.61 Å². The standard InChI is InChI=1S/C13H20O4/c1-4-8-13(9-7-10-14,11(15)5-2)12(16)17-6-3/h4-5,14H,1-2,6-10H2,3H3/t13-/m1/s1. The molecule has 0 aromatic heterocycles. The van der Waals surface area contributed by atoms with Gasteiger partial charge in [-0.2, -0.15) is 0 Å². The molecule has 0 amide bonds. The molecular formula is C13H20O4. The van der Waals surface area contributed by atoms with Crippen LogP contribution in [0, 0.1) is 5.41 Å². The number of ketones is 1. The highest BCUT2D eigenvalue weighted by molar-refractivity contribution is 6.09. The lowest BCUT2D eigenvalue weighted by atomic mass is 9.76. The highest BCUT2D eigenvalue weighted by atomic mass is 16.5. The number of rotatable bonds is 9. The van der Waals surface area contributed by atoms with E-state index in [9.17, 15) is 9.59 Å². The zero-order chi connectivity index (χ0) is 13.3. The molecule has 0 spiro atoms. The van der Waals surface area contributed by atoms with Gasteiger partial charge in [-0.3, -0.25) is 9.59 Å². The minimum Gasteiger partial charge on any atom is -0.465 e. The molecule has 0 unspecified atom stereocenters. The predicted octanol–water partition coefficient (Wildman–Crippen LogP) is 1.64. The maximum Gasteiger partial charge on any atom is 0.320 e. The molecule has 0 saturated heterocycles. The second-order valence-electron chi connectivity index (χ2n) is 3.69. The monoisotopic (exact) mass is 240 g/mol. The van der Waals surface area contributed by atoms with Crippen LogP contribution in [0.5, 0.6) is 0 Å². The number of aliphatic hydroxyl groups is 1. The number of carbonyl (C=O) groups is 2. The maximum absolute atomic E-state index is 11.9. The van der Waals surface area contributed by atoms with Crippen LogP contribution >= 0.6 is 0 Å². The Bertz CT molecular complexity index is 296. The summed E-state index contributed by atoms with van der Waals surface area (Å²) in [5.74, 6) is -0.956. The van der Waals surface area contributed by atoms with Crippen molar-refractivity contribution in [2.24, 2.45) is 5.41 Å². The molecule has 0 radical (unpaired) electrons. The van der Waals surface area contributed by atoms with E-state index in [2.05, 4.69) is 13.2 Å². The molecule has 1 N–H and O–H groups in total.